The van der Waals surface area contributed by atoms with Crippen molar-refractivity contribution in [2.45, 2.75) is 58.3 Å². The van der Waals surface area contributed by atoms with E-state index >= 15 is 0 Å². The molecular weight excluding hydrogens is 324 g/mol. The second kappa shape index (κ2) is 11.3. The molecule has 0 fully saturated rings. The lowest BCUT2D eigenvalue weighted by atomic mass is 10.0. The molecule has 0 unspecified atom stereocenters. The minimum atomic E-state index is -0.183. The summed E-state index contributed by atoms with van der Waals surface area (Å²) in [6, 6.07) is 13.9. The fourth-order valence-electron chi connectivity index (χ4n) is 2.96. The summed E-state index contributed by atoms with van der Waals surface area (Å²) < 4.78 is 5.70. The first kappa shape index (κ1) is 20.0. The van der Waals surface area contributed by atoms with Gasteiger partial charge in [-0.1, -0.05) is 82.2 Å². The molecule has 0 heterocycles. The number of ether oxygens (including phenoxy) is 1. The number of rotatable bonds is 12. The van der Waals surface area contributed by atoms with Crippen LogP contribution in [-0.2, 0) is 0 Å². The highest BCUT2D eigenvalue weighted by molar-refractivity contribution is 6.10. The number of carbonyl (C=O) groups is 1. The third-order valence-corrected chi connectivity index (χ3v) is 4.52. The van der Waals surface area contributed by atoms with E-state index in [0.29, 0.717) is 23.5 Å². The summed E-state index contributed by atoms with van der Waals surface area (Å²) in [5.74, 6) is 0.389. The Labute approximate surface area is 157 Å². The Kier molecular flexibility index (Phi) is 8.74. The van der Waals surface area contributed by atoms with Gasteiger partial charge in [-0.05, 0) is 18.6 Å². The highest BCUT2D eigenvalue weighted by Crippen LogP contribution is 2.26. The van der Waals surface area contributed by atoms with E-state index in [0.717, 1.165) is 6.42 Å². The van der Waals surface area contributed by atoms with E-state index in [9.17, 15) is 9.90 Å². The Morgan fingerprint density at radius 1 is 0.885 bits per heavy atom. The summed E-state index contributed by atoms with van der Waals surface area (Å²) in [6.07, 6.45) is 10.0. The van der Waals surface area contributed by atoms with Crippen LogP contribution in [0.5, 0.6) is 11.5 Å². The molecule has 2 rings (SSSR count). The number of carbonyl (C=O) groups excluding carboxylic acids is 1. The molecule has 26 heavy (non-hydrogen) atoms. The molecule has 0 atom stereocenters. The van der Waals surface area contributed by atoms with Crippen LogP contribution >= 0.6 is 0 Å². The molecule has 0 bridgehead atoms. The molecule has 0 saturated heterocycles. The quantitative estimate of drug-likeness (QED) is 0.368. The smallest absolute Gasteiger partial charge is 0.196 e. The van der Waals surface area contributed by atoms with Crippen LogP contribution in [0.4, 0.5) is 0 Å². The average Bonchev–Trinajstić information content (AvgIpc) is 2.67. The van der Waals surface area contributed by atoms with E-state index in [2.05, 4.69) is 6.92 Å². The average molecular weight is 354 g/mol. The van der Waals surface area contributed by atoms with Gasteiger partial charge in [-0.3, -0.25) is 4.79 Å². The van der Waals surface area contributed by atoms with E-state index in [1.807, 2.05) is 18.2 Å². The number of phenols is 1. The summed E-state index contributed by atoms with van der Waals surface area (Å²) in [5, 5.41) is 10.2. The van der Waals surface area contributed by atoms with Gasteiger partial charge in [0, 0.05) is 11.6 Å². The van der Waals surface area contributed by atoms with Gasteiger partial charge in [0.05, 0.1) is 12.2 Å². The van der Waals surface area contributed by atoms with Gasteiger partial charge in [0.25, 0.3) is 0 Å². The number of aromatic hydroxyl groups is 1. The molecule has 0 aromatic heterocycles. The van der Waals surface area contributed by atoms with Crippen molar-refractivity contribution >= 4 is 5.78 Å². The molecule has 1 N–H and O–H groups in total. The standard InChI is InChI=1S/C23H30O3/c1-2-3-4-5-6-7-8-12-17-26-20-15-16-21(22(24)18-20)23(25)19-13-10-9-11-14-19/h9-11,13-16,18,24H,2-8,12,17H2,1H3. The molecule has 0 saturated carbocycles. The van der Waals surface area contributed by atoms with Gasteiger partial charge in [0.15, 0.2) is 5.78 Å². The molecule has 0 radical (unpaired) electrons. The largest absolute Gasteiger partial charge is 0.507 e. The first-order valence-corrected chi connectivity index (χ1v) is 9.78. The van der Waals surface area contributed by atoms with Crippen LogP contribution in [0.1, 0.15) is 74.2 Å². The molecule has 140 valence electrons. The number of hydrogen-bond donors (Lipinski definition) is 1. The number of ketones is 1. The predicted octanol–water partition coefficient (Wildman–Crippen LogP) is 6.14. The van der Waals surface area contributed by atoms with Gasteiger partial charge >= 0.3 is 0 Å². The van der Waals surface area contributed by atoms with Gasteiger partial charge in [-0.15, -0.1) is 0 Å². The summed E-state index contributed by atoms with van der Waals surface area (Å²) in [5.41, 5.74) is 0.867. The third-order valence-electron chi connectivity index (χ3n) is 4.52. The highest BCUT2D eigenvalue weighted by Gasteiger charge is 2.13. The highest BCUT2D eigenvalue weighted by atomic mass is 16.5. The Bertz CT molecular complexity index is 664. The lowest BCUT2D eigenvalue weighted by Gasteiger charge is -2.09. The number of hydrogen-bond acceptors (Lipinski definition) is 3. The molecule has 2 aromatic carbocycles. The lowest BCUT2D eigenvalue weighted by Crippen LogP contribution is -2.02. The zero-order chi connectivity index (χ0) is 18.6. The van der Waals surface area contributed by atoms with E-state index in [4.69, 9.17) is 4.74 Å². The molecular formula is C23H30O3. The van der Waals surface area contributed by atoms with E-state index in [1.165, 1.54) is 51.0 Å². The second-order valence-electron chi connectivity index (χ2n) is 6.70. The van der Waals surface area contributed by atoms with Crippen molar-refractivity contribution in [1.82, 2.24) is 0 Å². The Balaban J connectivity index is 1.73. The minimum absolute atomic E-state index is 0.0349. The van der Waals surface area contributed by atoms with Crippen LogP contribution in [0.2, 0.25) is 0 Å². The summed E-state index contributed by atoms with van der Waals surface area (Å²) >= 11 is 0. The second-order valence-corrected chi connectivity index (χ2v) is 6.70. The van der Waals surface area contributed by atoms with Gasteiger partial charge in [0.2, 0.25) is 0 Å². The summed E-state index contributed by atoms with van der Waals surface area (Å²) in [6.45, 7) is 2.87. The van der Waals surface area contributed by atoms with Crippen molar-refractivity contribution in [2.24, 2.45) is 0 Å². The maximum absolute atomic E-state index is 12.4. The van der Waals surface area contributed by atoms with Crippen LogP contribution in [-0.4, -0.2) is 17.5 Å². The molecule has 3 heteroatoms. The molecule has 0 aliphatic heterocycles. The Morgan fingerprint density at radius 2 is 1.54 bits per heavy atom. The van der Waals surface area contributed by atoms with Crippen LogP contribution in [0.25, 0.3) is 0 Å². The van der Waals surface area contributed by atoms with E-state index in [1.54, 1.807) is 24.3 Å². The molecule has 0 spiro atoms. The monoisotopic (exact) mass is 354 g/mol. The Hall–Kier alpha value is -2.29. The fraction of sp³-hybridized carbons (Fsp3) is 0.435. The summed E-state index contributed by atoms with van der Waals surface area (Å²) in [4.78, 5) is 12.4. The van der Waals surface area contributed by atoms with Crippen molar-refractivity contribution in [3.63, 3.8) is 0 Å². The van der Waals surface area contributed by atoms with Crippen molar-refractivity contribution in [3.8, 4) is 11.5 Å². The predicted molar refractivity (Wildman–Crippen MR) is 106 cm³/mol. The van der Waals surface area contributed by atoms with Crippen LogP contribution in [0.15, 0.2) is 48.5 Å². The van der Waals surface area contributed by atoms with Gasteiger partial charge in [-0.25, -0.2) is 0 Å². The molecule has 2 aromatic rings. The fourth-order valence-corrected chi connectivity index (χ4v) is 2.96. The molecule has 3 nitrogen and oxygen atoms in total. The molecule has 0 aliphatic carbocycles. The van der Waals surface area contributed by atoms with Crippen molar-refractivity contribution in [3.05, 3.63) is 59.7 Å². The van der Waals surface area contributed by atoms with Crippen LogP contribution in [0, 0.1) is 0 Å². The van der Waals surface area contributed by atoms with E-state index < -0.39 is 0 Å². The zero-order valence-electron chi connectivity index (χ0n) is 15.7. The van der Waals surface area contributed by atoms with Gasteiger partial charge in [0.1, 0.15) is 11.5 Å². The van der Waals surface area contributed by atoms with Crippen molar-refractivity contribution in [1.29, 1.82) is 0 Å². The first-order chi connectivity index (χ1) is 12.7. The molecule has 0 amide bonds. The number of unbranched alkanes of at least 4 members (excludes halogenated alkanes) is 7. The van der Waals surface area contributed by atoms with Crippen molar-refractivity contribution in [2.75, 3.05) is 6.61 Å². The SMILES string of the molecule is CCCCCCCCCCOc1ccc(C(=O)c2ccccc2)c(O)c1. The first-order valence-electron chi connectivity index (χ1n) is 9.78. The maximum atomic E-state index is 12.4. The maximum Gasteiger partial charge on any atom is 0.196 e. The van der Waals surface area contributed by atoms with Crippen LogP contribution < -0.4 is 4.74 Å². The minimum Gasteiger partial charge on any atom is -0.507 e. The summed E-state index contributed by atoms with van der Waals surface area (Å²) in [7, 11) is 0. The molecule has 0 aliphatic rings. The van der Waals surface area contributed by atoms with Crippen LogP contribution in [0.3, 0.4) is 0 Å². The van der Waals surface area contributed by atoms with Gasteiger partial charge < -0.3 is 9.84 Å². The Morgan fingerprint density at radius 3 is 2.19 bits per heavy atom. The van der Waals surface area contributed by atoms with Gasteiger partial charge in [-0.2, -0.15) is 0 Å². The topological polar surface area (TPSA) is 46.5 Å². The number of phenolic OH excluding ortho intramolecular Hbond substituents is 1. The normalized spacial score (nSPS) is 10.7. The zero-order valence-corrected chi connectivity index (χ0v) is 15.7. The lowest BCUT2D eigenvalue weighted by molar-refractivity contribution is 0.103. The number of benzene rings is 2. The van der Waals surface area contributed by atoms with Crippen molar-refractivity contribution < 1.29 is 14.6 Å². The third kappa shape index (κ3) is 6.55. The van der Waals surface area contributed by atoms with E-state index in [-0.39, 0.29) is 11.5 Å².